The summed E-state index contributed by atoms with van der Waals surface area (Å²) in [5.74, 6) is 0. The maximum absolute atomic E-state index is 12.0. The van der Waals surface area contributed by atoms with Gasteiger partial charge in [-0.3, -0.25) is 0 Å². The number of aliphatic hydroxyl groups is 1. The molecule has 0 saturated heterocycles. The SMILES string of the molecule is Cc1ccc(CNS(=O)(=O)c2ccc(CO)s2)cc1. The number of aryl methyl sites for hydroxylation is 1. The molecular weight excluding hydrogens is 282 g/mol. The third-order valence-electron chi connectivity index (χ3n) is 2.64. The Bertz CT molecular complexity index is 645. The van der Waals surface area contributed by atoms with Crippen LogP contribution in [0.4, 0.5) is 0 Å². The van der Waals surface area contributed by atoms with E-state index in [2.05, 4.69) is 4.72 Å². The van der Waals surface area contributed by atoms with Crippen LogP contribution in [0.2, 0.25) is 0 Å². The first kappa shape index (κ1) is 14.2. The molecule has 0 aliphatic rings. The number of benzene rings is 1. The van der Waals surface area contributed by atoms with Gasteiger partial charge in [-0.1, -0.05) is 29.8 Å². The molecule has 2 aromatic rings. The predicted octanol–water partition coefficient (Wildman–Crippen LogP) is 2.03. The van der Waals surface area contributed by atoms with Crippen molar-refractivity contribution in [2.24, 2.45) is 0 Å². The van der Waals surface area contributed by atoms with Gasteiger partial charge in [-0.05, 0) is 24.6 Å². The predicted molar refractivity (Wildman–Crippen MR) is 75.4 cm³/mol. The number of rotatable bonds is 5. The van der Waals surface area contributed by atoms with Crippen LogP contribution >= 0.6 is 11.3 Å². The first-order chi connectivity index (χ1) is 9.01. The Kier molecular flexibility index (Phi) is 4.36. The van der Waals surface area contributed by atoms with E-state index in [1.165, 1.54) is 6.07 Å². The van der Waals surface area contributed by atoms with E-state index in [-0.39, 0.29) is 17.4 Å². The molecule has 1 aromatic carbocycles. The van der Waals surface area contributed by atoms with Crippen LogP contribution in [-0.4, -0.2) is 13.5 Å². The van der Waals surface area contributed by atoms with Crippen LogP contribution in [0.1, 0.15) is 16.0 Å². The van der Waals surface area contributed by atoms with Crippen molar-refractivity contribution in [3.05, 3.63) is 52.4 Å². The van der Waals surface area contributed by atoms with Crippen LogP contribution in [0.25, 0.3) is 0 Å². The summed E-state index contributed by atoms with van der Waals surface area (Å²) in [7, 11) is -3.50. The molecule has 0 aliphatic carbocycles. The first-order valence-electron chi connectivity index (χ1n) is 5.76. The second-order valence-electron chi connectivity index (χ2n) is 4.19. The topological polar surface area (TPSA) is 66.4 Å². The molecule has 19 heavy (non-hydrogen) atoms. The summed E-state index contributed by atoms with van der Waals surface area (Å²) in [6, 6.07) is 10.8. The van der Waals surface area contributed by atoms with Crippen LogP contribution in [0, 0.1) is 6.92 Å². The zero-order valence-electron chi connectivity index (χ0n) is 10.5. The van der Waals surface area contributed by atoms with Gasteiger partial charge in [0.1, 0.15) is 4.21 Å². The summed E-state index contributed by atoms with van der Waals surface area (Å²) in [6.07, 6.45) is 0. The van der Waals surface area contributed by atoms with Crippen LogP contribution in [0.15, 0.2) is 40.6 Å². The summed E-state index contributed by atoms with van der Waals surface area (Å²) in [4.78, 5) is 0.635. The fraction of sp³-hybridized carbons (Fsp3) is 0.231. The third-order valence-corrected chi connectivity index (χ3v) is 5.61. The molecule has 1 heterocycles. The molecule has 2 N–H and O–H groups in total. The van der Waals surface area contributed by atoms with Gasteiger partial charge in [0.2, 0.25) is 10.0 Å². The number of hydrogen-bond acceptors (Lipinski definition) is 4. The van der Waals surface area contributed by atoms with Crippen LogP contribution in [-0.2, 0) is 23.2 Å². The van der Waals surface area contributed by atoms with E-state index in [0.717, 1.165) is 22.5 Å². The van der Waals surface area contributed by atoms with Crippen molar-refractivity contribution in [3.8, 4) is 0 Å². The van der Waals surface area contributed by atoms with Crippen molar-refractivity contribution in [1.82, 2.24) is 4.72 Å². The van der Waals surface area contributed by atoms with Crippen molar-refractivity contribution in [1.29, 1.82) is 0 Å². The van der Waals surface area contributed by atoms with E-state index >= 15 is 0 Å². The Labute approximate surface area is 116 Å². The van der Waals surface area contributed by atoms with E-state index in [9.17, 15) is 8.42 Å². The van der Waals surface area contributed by atoms with Crippen LogP contribution in [0.3, 0.4) is 0 Å². The average molecular weight is 297 g/mol. The largest absolute Gasteiger partial charge is 0.391 e. The standard InChI is InChI=1S/C13H15NO3S2/c1-10-2-4-11(5-3-10)8-14-19(16,17)13-7-6-12(9-15)18-13/h2-7,14-15H,8-9H2,1H3. The second-order valence-corrected chi connectivity index (χ2v) is 7.35. The summed E-state index contributed by atoms with van der Waals surface area (Å²) in [6.45, 7) is 2.10. The molecule has 1 aromatic heterocycles. The first-order valence-corrected chi connectivity index (χ1v) is 8.06. The molecule has 0 fully saturated rings. The quantitative estimate of drug-likeness (QED) is 0.887. The molecule has 0 spiro atoms. The lowest BCUT2D eigenvalue weighted by molar-refractivity contribution is 0.285. The molecule has 102 valence electrons. The molecule has 0 amide bonds. The monoisotopic (exact) mass is 297 g/mol. The van der Waals surface area contributed by atoms with Gasteiger partial charge in [0.25, 0.3) is 0 Å². The highest BCUT2D eigenvalue weighted by atomic mass is 32.2. The number of hydrogen-bond donors (Lipinski definition) is 2. The number of aliphatic hydroxyl groups excluding tert-OH is 1. The highest BCUT2D eigenvalue weighted by Gasteiger charge is 2.16. The molecule has 0 aliphatic heterocycles. The van der Waals surface area contributed by atoms with Gasteiger partial charge in [0.15, 0.2) is 0 Å². The molecule has 0 bridgehead atoms. The summed E-state index contributed by atoms with van der Waals surface area (Å²) >= 11 is 1.08. The van der Waals surface area contributed by atoms with Gasteiger partial charge in [-0.15, -0.1) is 11.3 Å². The minimum Gasteiger partial charge on any atom is -0.391 e. The molecule has 2 rings (SSSR count). The highest BCUT2D eigenvalue weighted by Crippen LogP contribution is 2.21. The Hall–Kier alpha value is -1.21. The molecule has 6 heteroatoms. The number of nitrogens with one attached hydrogen (secondary N) is 1. The normalized spacial score (nSPS) is 11.7. The van der Waals surface area contributed by atoms with Gasteiger partial charge in [0.05, 0.1) is 6.61 Å². The van der Waals surface area contributed by atoms with E-state index in [1.807, 2.05) is 31.2 Å². The molecule has 0 saturated carbocycles. The van der Waals surface area contributed by atoms with Gasteiger partial charge >= 0.3 is 0 Å². The van der Waals surface area contributed by atoms with E-state index in [4.69, 9.17) is 5.11 Å². The maximum Gasteiger partial charge on any atom is 0.250 e. The lowest BCUT2D eigenvalue weighted by Crippen LogP contribution is -2.22. The van der Waals surface area contributed by atoms with Gasteiger partial charge in [0, 0.05) is 11.4 Å². The fourth-order valence-electron chi connectivity index (χ4n) is 1.54. The van der Waals surface area contributed by atoms with Gasteiger partial charge in [-0.25, -0.2) is 13.1 Å². The zero-order chi connectivity index (χ0) is 13.9. The van der Waals surface area contributed by atoms with Crippen molar-refractivity contribution in [3.63, 3.8) is 0 Å². The Balaban J connectivity index is 2.07. The van der Waals surface area contributed by atoms with Crippen molar-refractivity contribution < 1.29 is 13.5 Å². The lowest BCUT2D eigenvalue weighted by Gasteiger charge is -2.05. The minimum absolute atomic E-state index is 0.141. The smallest absolute Gasteiger partial charge is 0.250 e. The van der Waals surface area contributed by atoms with Gasteiger partial charge < -0.3 is 5.11 Å². The van der Waals surface area contributed by atoms with Crippen LogP contribution < -0.4 is 4.72 Å². The molecular formula is C13H15NO3S2. The molecule has 4 nitrogen and oxygen atoms in total. The Morgan fingerprint density at radius 1 is 1.16 bits per heavy atom. The maximum atomic E-state index is 12.0. The number of sulfonamides is 1. The Morgan fingerprint density at radius 2 is 1.84 bits per heavy atom. The minimum atomic E-state index is -3.50. The second kappa shape index (κ2) is 5.83. The van der Waals surface area contributed by atoms with Gasteiger partial charge in [-0.2, -0.15) is 0 Å². The molecule has 0 atom stereocenters. The van der Waals surface area contributed by atoms with E-state index < -0.39 is 10.0 Å². The summed E-state index contributed by atoms with van der Waals surface area (Å²) in [5.41, 5.74) is 2.05. The summed E-state index contributed by atoms with van der Waals surface area (Å²) < 4.78 is 26.8. The molecule has 0 unspecified atom stereocenters. The van der Waals surface area contributed by atoms with Crippen molar-refractivity contribution in [2.45, 2.75) is 24.3 Å². The Morgan fingerprint density at radius 3 is 2.42 bits per heavy atom. The lowest BCUT2D eigenvalue weighted by atomic mass is 10.2. The molecule has 0 radical (unpaired) electrons. The average Bonchev–Trinajstić information content (AvgIpc) is 2.88. The van der Waals surface area contributed by atoms with E-state index in [1.54, 1.807) is 6.07 Å². The zero-order valence-corrected chi connectivity index (χ0v) is 12.1. The van der Waals surface area contributed by atoms with E-state index in [0.29, 0.717) is 4.88 Å². The van der Waals surface area contributed by atoms with Crippen molar-refractivity contribution >= 4 is 21.4 Å². The summed E-state index contributed by atoms with van der Waals surface area (Å²) in [5, 5.41) is 8.95. The fourth-order valence-corrected chi connectivity index (χ4v) is 3.82. The van der Waals surface area contributed by atoms with Crippen LogP contribution in [0.5, 0.6) is 0 Å². The third kappa shape index (κ3) is 3.63. The highest BCUT2D eigenvalue weighted by molar-refractivity contribution is 7.91. The van der Waals surface area contributed by atoms with Crippen molar-refractivity contribution in [2.75, 3.05) is 0 Å². The number of thiophene rings is 1.